The Bertz CT molecular complexity index is 214. The second-order valence-corrected chi connectivity index (χ2v) is 16.0. The molecule has 0 heterocycles. The molecule has 0 aliphatic rings. The molecule has 0 amide bonds. The standard InChI is InChI=1S/C6H10Cl5OP/c1-6(2,3)5(4-7)12-13(8,9,10)11/h4H,1-3H3/b5-4+. The van der Waals surface area contributed by atoms with Gasteiger partial charge >= 0.3 is 103 Å². The summed E-state index contributed by atoms with van der Waals surface area (Å²) < 4.78 is 0.987. The van der Waals surface area contributed by atoms with Crippen molar-refractivity contribution in [2.24, 2.45) is 5.41 Å². The van der Waals surface area contributed by atoms with Gasteiger partial charge in [-0.3, -0.25) is 0 Å². The summed E-state index contributed by atoms with van der Waals surface area (Å²) in [5, 5.41) is 0. The number of halogens is 5. The summed E-state index contributed by atoms with van der Waals surface area (Å²) in [6, 6.07) is 0. The predicted octanol–water partition coefficient (Wildman–Crippen LogP) is 6.21. The van der Waals surface area contributed by atoms with Crippen LogP contribution in [0.1, 0.15) is 20.8 Å². The molecular formula is C6H10Cl5OP. The molecule has 0 N–H and O–H groups in total. The van der Waals surface area contributed by atoms with Crippen LogP contribution in [0.3, 0.4) is 0 Å². The van der Waals surface area contributed by atoms with Gasteiger partial charge in [-0.15, -0.1) is 0 Å². The molecule has 0 aromatic heterocycles. The van der Waals surface area contributed by atoms with Gasteiger partial charge in [-0.1, -0.05) is 0 Å². The average Bonchev–Trinajstić information content (AvgIpc) is 1.76. The summed E-state index contributed by atoms with van der Waals surface area (Å²) in [6.07, 6.45) is 0. The monoisotopic (exact) mass is 304 g/mol. The van der Waals surface area contributed by atoms with Crippen molar-refractivity contribution in [1.82, 2.24) is 0 Å². The van der Waals surface area contributed by atoms with E-state index in [9.17, 15) is 0 Å². The van der Waals surface area contributed by atoms with Crippen LogP contribution in [-0.2, 0) is 4.52 Å². The van der Waals surface area contributed by atoms with Crippen LogP contribution in [0.4, 0.5) is 0 Å². The number of hydrogen-bond acceptors (Lipinski definition) is 1. The quantitative estimate of drug-likeness (QED) is 0.435. The molecule has 1 nitrogen and oxygen atoms in total. The fourth-order valence-corrected chi connectivity index (χ4v) is 2.42. The molecule has 7 heteroatoms. The molecule has 0 fully saturated rings. The van der Waals surface area contributed by atoms with E-state index in [0.717, 1.165) is 0 Å². The van der Waals surface area contributed by atoms with E-state index in [1.807, 2.05) is 20.8 Å². The van der Waals surface area contributed by atoms with Crippen LogP contribution in [0.5, 0.6) is 0 Å². The number of hydrogen-bond donors (Lipinski definition) is 0. The zero-order chi connectivity index (χ0) is 10.9. The zero-order valence-electron chi connectivity index (χ0n) is 7.32. The molecule has 0 bridgehead atoms. The fraction of sp³-hybridized carbons (Fsp3) is 0.667. The van der Waals surface area contributed by atoms with Gasteiger partial charge in [0.2, 0.25) is 0 Å². The van der Waals surface area contributed by atoms with Crippen LogP contribution >= 0.6 is 60.8 Å². The van der Waals surface area contributed by atoms with Crippen LogP contribution in [0, 0.1) is 5.41 Å². The maximum absolute atomic E-state index is 5.57. The Morgan fingerprint density at radius 3 is 1.62 bits per heavy atom. The average molecular weight is 306 g/mol. The third kappa shape index (κ3) is 7.36. The predicted molar refractivity (Wildman–Crippen MR) is 64.8 cm³/mol. The van der Waals surface area contributed by atoms with Gasteiger partial charge in [-0.05, 0) is 0 Å². The van der Waals surface area contributed by atoms with Gasteiger partial charge in [0.1, 0.15) is 0 Å². The molecule has 13 heavy (non-hydrogen) atoms. The minimum atomic E-state index is -4.07. The first-order valence-corrected chi connectivity index (χ1v) is 9.53. The van der Waals surface area contributed by atoms with E-state index in [1.54, 1.807) is 0 Å². The third-order valence-corrected chi connectivity index (χ3v) is 2.57. The first-order chi connectivity index (χ1) is 5.42. The van der Waals surface area contributed by atoms with Gasteiger partial charge in [0.15, 0.2) is 0 Å². The van der Waals surface area contributed by atoms with Gasteiger partial charge in [0.25, 0.3) is 0 Å². The van der Waals surface area contributed by atoms with Gasteiger partial charge < -0.3 is 0 Å². The minimum absolute atomic E-state index is 0.349. The molecule has 0 radical (unpaired) electrons. The Kier molecular flexibility index (Phi) is 4.57. The van der Waals surface area contributed by atoms with Crippen molar-refractivity contribution in [3.05, 3.63) is 11.3 Å². The molecule has 0 saturated heterocycles. The van der Waals surface area contributed by atoms with Crippen molar-refractivity contribution in [1.29, 1.82) is 0 Å². The Morgan fingerprint density at radius 2 is 1.54 bits per heavy atom. The second kappa shape index (κ2) is 4.12. The van der Waals surface area contributed by atoms with Crippen molar-refractivity contribution in [2.75, 3.05) is 0 Å². The molecule has 0 atom stereocenters. The summed E-state index contributed by atoms with van der Waals surface area (Å²) >= 11 is 27.8. The van der Waals surface area contributed by atoms with E-state index >= 15 is 0 Å². The van der Waals surface area contributed by atoms with E-state index in [1.165, 1.54) is 5.54 Å². The van der Waals surface area contributed by atoms with Gasteiger partial charge in [-0.25, -0.2) is 0 Å². The third-order valence-electron chi connectivity index (χ3n) is 1.07. The van der Waals surface area contributed by atoms with E-state index in [-0.39, 0.29) is 5.41 Å². The van der Waals surface area contributed by atoms with Crippen molar-refractivity contribution < 1.29 is 4.52 Å². The summed E-state index contributed by atoms with van der Waals surface area (Å²) in [5.74, 6) is 0.349. The van der Waals surface area contributed by atoms with E-state index < -0.39 is 4.24 Å². The second-order valence-electron chi connectivity index (χ2n) is 3.47. The van der Waals surface area contributed by atoms with Crippen LogP contribution in [0.15, 0.2) is 11.3 Å². The summed E-state index contributed by atoms with van der Waals surface area (Å²) in [7, 11) is 0. The van der Waals surface area contributed by atoms with E-state index in [2.05, 4.69) is 0 Å². The Labute approximate surface area is 102 Å². The van der Waals surface area contributed by atoms with Gasteiger partial charge in [0, 0.05) is 0 Å². The molecular weight excluding hydrogens is 296 g/mol. The number of allylic oxidation sites excluding steroid dienone is 1. The summed E-state index contributed by atoms with van der Waals surface area (Å²) in [4.78, 5) is 0. The van der Waals surface area contributed by atoms with Crippen LogP contribution in [0.2, 0.25) is 0 Å². The normalized spacial score (nSPS) is 17.8. The molecule has 0 spiro atoms. The van der Waals surface area contributed by atoms with Crippen molar-refractivity contribution >= 4 is 60.8 Å². The van der Waals surface area contributed by atoms with E-state index in [0.29, 0.717) is 5.76 Å². The zero-order valence-corrected chi connectivity index (χ0v) is 12.0. The molecule has 0 aliphatic carbocycles. The molecule has 80 valence electrons. The Morgan fingerprint density at radius 1 is 1.15 bits per heavy atom. The Hall–Kier alpha value is 1.42. The topological polar surface area (TPSA) is 9.23 Å². The van der Waals surface area contributed by atoms with E-state index in [4.69, 9.17) is 61.1 Å². The molecule has 0 aliphatic heterocycles. The maximum atomic E-state index is 5.57. The van der Waals surface area contributed by atoms with Crippen LogP contribution in [-0.4, -0.2) is 0 Å². The molecule has 0 aromatic rings. The summed E-state index contributed by atoms with van der Waals surface area (Å²) in [5.41, 5.74) is 0.870. The molecule has 0 rings (SSSR count). The van der Waals surface area contributed by atoms with Crippen molar-refractivity contribution in [2.45, 2.75) is 20.8 Å². The molecule has 0 aromatic carbocycles. The SMILES string of the molecule is CC(C)(C)/C(=C\Cl)OP(Cl)(Cl)(Cl)Cl. The van der Waals surface area contributed by atoms with Crippen LogP contribution in [0.25, 0.3) is 0 Å². The van der Waals surface area contributed by atoms with Crippen molar-refractivity contribution in [3.63, 3.8) is 0 Å². The van der Waals surface area contributed by atoms with Gasteiger partial charge in [0.05, 0.1) is 0 Å². The molecule has 0 saturated carbocycles. The fourth-order valence-electron chi connectivity index (χ4n) is 0.469. The number of rotatable bonds is 2. The molecule has 0 unspecified atom stereocenters. The first kappa shape index (κ1) is 14.4. The van der Waals surface area contributed by atoms with Crippen LogP contribution < -0.4 is 0 Å². The van der Waals surface area contributed by atoms with Gasteiger partial charge in [-0.2, -0.15) is 0 Å². The Balaban J connectivity index is 4.72. The van der Waals surface area contributed by atoms with Crippen molar-refractivity contribution in [3.8, 4) is 0 Å². The first-order valence-electron chi connectivity index (χ1n) is 3.32. The summed E-state index contributed by atoms with van der Waals surface area (Å²) in [6.45, 7) is 5.60.